The highest BCUT2D eigenvalue weighted by molar-refractivity contribution is 6.06. The van der Waals surface area contributed by atoms with Crippen molar-refractivity contribution < 1.29 is 18.7 Å². The predicted molar refractivity (Wildman–Crippen MR) is 77.0 cm³/mol. The van der Waals surface area contributed by atoms with Gasteiger partial charge in [-0.2, -0.15) is 5.10 Å². The molecular formula is C15H11FN4O3. The van der Waals surface area contributed by atoms with Crippen LogP contribution in [0, 0.1) is 5.82 Å². The van der Waals surface area contributed by atoms with Crippen molar-refractivity contribution in [3.05, 3.63) is 71.7 Å². The molecule has 7 nitrogen and oxygen atoms in total. The first-order valence-corrected chi connectivity index (χ1v) is 6.61. The summed E-state index contributed by atoms with van der Waals surface area (Å²) in [6.07, 6.45) is 6.32. The summed E-state index contributed by atoms with van der Waals surface area (Å²) in [6, 6.07) is 3.42. The fraction of sp³-hybridized carbons (Fsp3) is 0.0667. The monoisotopic (exact) mass is 314 g/mol. The second-order valence-electron chi connectivity index (χ2n) is 4.64. The lowest BCUT2D eigenvalue weighted by atomic mass is 10.0. The predicted octanol–water partition coefficient (Wildman–Crippen LogP) is 2.30. The van der Waals surface area contributed by atoms with Gasteiger partial charge < -0.3 is 9.52 Å². The molecule has 3 rings (SSSR count). The van der Waals surface area contributed by atoms with Crippen molar-refractivity contribution in [3.8, 4) is 0 Å². The van der Waals surface area contributed by atoms with Crippen LogP contribution in [0.4, 0.5) is 4.39 Å². The molecular weight excluding hydrogens is 303 g/mol. The Morgan fingerprint density at radius 2 is 2.17 bits per heavy atom. The molecule has 0 aromatic carbocycles. The maximum Gasteiger partial charge on any atom is 0.225 e. The van der Waals surface area contributed by atoms with Crippen molar-refractivity contribution in [1.82, 2.24) is 20.2 Å². The van der Waals surface area contributed by atoms with E-state index in [2.05, 4.69) is 20.2 Å². The Hall–Kier alpha value is -3.29. The average Bonchev–Trinajstić information content (AvgIpc) is 3.19. The second-order valence-corrected chi connectivity index (χ2v) is 4.64. The number of hydrogen-bond donors (Lipinski definition) is 2. The van der Waals surface area contributed by atoms with E-state index in [1.807, 2.05) is 0 Å². The van der Waals surface area contributed by atoms with Gasteiger partial charge in [0.2, 0.25) is 11.6 Å². The Labute approximate surface area is 129 Å². The standard InChI is InChI=1S/C15H11FN4O3/c16-11-7-23-14(10(11)5-9-1-3-17-4-2-9)12(21)6-13(22)15-18-8-19-20-15/h1-4,6-8,22H,5H2,(H,18,19,20). The molecule has 0 aliphatic carbocycles. The number of nitrogens with zero attached hydrogens (tertiary/aromatic N) is 3. The van der Waals surface area contributed by atoms with Crippen LogP contribution in [0.15, 0.2) is 47.6 Å². The number of carbonyl (C=O) groups excluding carboxylic acids is 1. The molecule has 3 aromatic heterocycles. The van der Waals surface area contributed by atoms with Gasteiger partial charge in [0.1, 0.15) is 12.6 Å². The summed E-state index contributed by atoms with van der Waals surface area (Å²) < 4.78 is 18.9. The van der Waals surface area contributed by atoms with Crippen LogP contribution < -0.4 is 0 Å². The number of aromatic nitrogens is 4. The minimum absolute atomic E-state index is 0.0407. The number of pyridine rings is 1. The summed E-state index contributed by atoms with van der Waals surface area (Å²) in [7, 11) is 0. The normalized spacial score (nSPS) is 11.6. The lowest BCUT2D eigenvalue weighted by Gasteiger charge is -2.01. The van der Waals surface area contributed by atoms with E-state index in [0.717, 1.165) is 17.9 Å². The van der Waals surface area contributed by atoms with Gasteiger partial charge in [-0.15, -0.1) is 0 Å². The Bertz CT molecular complexity index is 841. The largest absolute Gasteiger partial charge is 0.504 e. The van der Waals surface area contributed by atoms with Gasteiger partial charge in [-0.05, 0) is 17.7 Å². The number of H-pyrrole nitrogens is 1. The first-order valence-electron chi connectivity index (χ1n) is 6.61. The van der Waals surface area contributed by atoms with E-state index in [-0.39, 0.29) is 23.6 Å². The molecule has 0 aliphatic rings. The van der Waals surface area contributed by atoms with Crippen molar-refractivity contribution in [1.29, 1.82) is 0 Å². The number of allylic oxidation sites excluding steroid dienone is 1. The van der Waals surface area contributed by atoms with Crippen molar-refractivity contribution in [2.75, 3.05) is 0 Å². The molecule has 8 heteroatoms. The summed E-state index contributed by atoms with van der Waals surface area (Å²) in [5.74, 6) is -1.97. The van der Waals surface area contributed by atoms with Gasteiger partial charge in [0.25, 0.3) is 0 Å². The zero-order chi connectivity index (χ0) is 16.2. The van der Waals surface area contributed by atoms with Crippen LogP contribution in [0.5, 0.6) is 0 Å². The molecule has 0 amide bonds. The van der Waals surface area contributed by atoms with Crippen molar-refractivity contribution in [2.45, 2.75) is 6.42 Å². The summed E-state index contributed by atoms with van der Waals surface area (Å²) in [4.78, 5) is 19.8. The molecule has 3 heterocycles. The topological polar surface area (TPSA) is 105 Å². The average molecular weight is 314 g/mol. The van der Waals surface area contributed by atoms with Crippen molar-refractivity contribution in [2.24, 2.45) is 0 Å². The SMILES string of the molecule is O=C(C=C(O)c1nc[nH]n1)c1occ(F)c1Cc1ccncc1. The maximum absolute atomic E-state index is 13.9. The minimum Gasteiger partial charge on any atom is -0.504 e. The molecule has 0 atom stereocenters. The fourth-order valence-corrected chi connectivity index (χ4v) is 2.02. The Morgan fingerprint density at radius 3 is 2.87 bits per heavy atom. The quantitative estimate of drug-likeness (QED) is 0.425. The summed E-state index contributed by atoms with van der Waals surface area (Å²) in [5, 5.41) is 15.8. The highest BCUT2D eigenvalue weighted by Gasteiger charge is 2.20. The Balaban J connectivity index is 1.89. The number of furan rings is 1. The summed E-state index contributed by atoms with van der Waals surface area (Å²) >= 11 is 0. The molecule has 0 aliphatic heterocycles. The van der Waals surface area contributed by atoms with Crippen LogP contribution in [0.25, 0.3) is 5.76 Å². The van der Waals surface area contributed by atoms with Gasteiger partial charge >= 0.3 is 0 Å². The molecule has 0 spiro atoms. The van der Waals surface area contributed by atoms with E-state index in [1.165, 1.54) is 6.33 Å². The van der Waals surface area contributed by atoms with Gasteiger partial charge in [-0.3, -0.25) is 14.9 Å². The molecule has 116 valence electrons. The Morgan fingerprint density at radius 1 is 1.39 bits per heavy atom. The molecule has 3 aromatic rings. The number of hydrogen-bond acceptors (Lipinski definition) is 6. The fourth-order valence-electron chi connectivity index (χ4n) is 2.02. The number of halogens is 1. The number of aromatic amines is 1. The molecule has 0 saturated carbocycles. The van der Waals surface area contributed by atoms with Gasteiger partial charge in [0.05, 0.1) is 0 Å². The molecule has 23 heavy (non-hydrogen) atoms. The van der Waals surface area contributed by atoms with Gasteiger partial charge in [0, 0.05) is 30.5 Å². The molecule has 0 fully saturated rings. The number of aliphatic hydroxyl groups is 1. The van der Waals surface area contributed by atoms with E-state index >= 15 is 0 Å². The third-order valence-electron chi connectivity index (χ3n) is 3.11. The van der Waals surface area contributed by atoms with E-state index in [1.54, 1.807) is 24.5 Å². The smallest absolute Gasteiger partial charge is 0.225 e. The van der Waals surface area contributed by atoms with Gasteiger partial charge in [-0.25, -0.2) is 9.37 Å². The molecule has 0 saturated heterocycles. The first-order chi connectivity index (χ1) is 11.1. The lowest BCUT2D eigenvalue weighted by Crippen LogP contribution is -2.02. The van der Waals surface area contributed by atoms with Crippen LogP contribution in [0.1, 0.15) is 27.5 Å². The van der Waals surface area contributed by atoms with E-state index in [4.69, 9.17) is 4.42 Å². The number of aliphatic hydroxyl groups excluding tert-OH is 1. The highest BCUT2D eigenvalue weighted by Crippen LogP contribution is 2.21. The lowest BCUT2D eigenvalue weighted by molar-refractivity contribution is 0.102. The second kappa shape index (κ2) is 6.22. The third-order valence-corrected chi connectivity index (χ3v) is 3.11. The van der Waals surface area contributed by atoms with Crippen molar-refractivity contribution in [3.63, 3.8) is 0 Å². The number of rotatable bonds is 5. The van der Waals surface area contributed by atoms with Crippen LogP contribution >= 0.6 is 0 Å². The van der Waals surface area contributed by atoms with E-state index in [9.17, 15) is 14.3 Å². The maximum atomic E-state index is 13.9. The summed E-state index contributed by atoms with van der Waals surface area (Å²) in [6.45, 7) is 0. The molecule has 0 bridgehead atoms. The van der Waals surface area contributed by atoms with E-state index < -0.39 is 17.4 Å². The zero-order valence-electron chi connectivity index (χ0n) is 11.7. The van der Waals surface area contributed by atoms with Crippen LogP contribution in [0.2, 0.25) is 0 Å². The highest BCUT2D eigenvalue weighted by atomic mass is 19.1. The van der Waals surface area contributed by atoms with Gasteiger partial charge in [0.15, 0.2) is 17.3 Å². The molecule has 0 radical (unpaired) electrons. The number of carbonyl (C=O) groups is 1. The number of ketones is 1. The van der Waals surface area contributed by atoms with Crippen LogP contribution in [-0.2, 0) is 6.42 Å². The number of nitrogens with one attached hydrogen (secondary N) is 1. The zero-order valence-corrected chi connectivity index (χ0v) is 11.7. The van der Waals surface area contributed by atoms with E-state index in [0.29, 0.717) is 0 Å². The van der Waals surface area contributed by atoms with Crippen LogP contribution in [-0.4, -0.2) is 31.1 Å². The van der Waals surface area contributed by atoms with Crippen LogP contribution in [0.3, 0.4) is 0 Å². The Kier molecular flexibility index (Phi) is 3.96. The third kappa shape index (κ3) is 3.15. The first kappa shape index (κ1) is 14.6. The molecule has 0 unspecified atom stereocenters. The molecule has 2 N–H and O–H groups in total. The van der Waals surface area contributed by atoms with Gasteiger partial charge in [-0.1, -0.05) is 0 Å². The summed E-state index contributed by atoms with van der Waals surface area (Å²) in [5.41, 5.74) is 0.886. The minimum atomic E-state index is -0.680. The van der Waals surface area contributed by atoms with Crippen molar-refractivity contribution >= 4 is 11.5 Å².